The average molecular weight is 398 g/mol. The van der Waals surface area contributed by atoms with Gasteiger partial charge in [0.1, 0.15) is 0 Å². The van der Waals surface area contributed by atoms with E-state index in [0.717, 1.165) is 27.6 Å². The maximum absolute atomic E-state index is 13.0. The lowest BCUT2D eigenvalue weighted by Gasteiger charge is -2.25. The minimum Gasteiger partial charge on any atom is -0.278 e. The van der Waals surface area contributed by atoms with Crippen LogP contribution in [0.1, 0.15) is 30.0 Å². The molecular weight excluding hydrogens is 378 g/mol. The number of halogens is 1. The van der Waals surface area contributed by atoms with E-state index in [4.69, 9.17) is 0 Å². The fourth-order valence-electron chi connectivity index (χ4n) is 4.54. The van der Waals surface area contributed by atoms with Gasteiger partial charge in [-0.15, -0.1) is 0 Å². The number of rotatable bonds is 4. The zero-order valence-electron chi connectivity index (χ0n) is 14.3. The highest BCUT2D eigenvalue weighted by Gasteiger charge is 2.76. The van der Waals surface area contributed by atoms with Crippen molar-refractivity contribution in [3.63, 3.8) is 0 Å². The van der Waals surface area contributed by atoms with Crippen LogP contribution in [-0.2, 0) is 21.5 Å². The Morgan fingerprint density at radius 1 is 1.04 bits per heavy atom. The molecule has 0 aromatic heterocycles. The number of hydrogen-bond acceptors (Lipinski definition) is 2. The van der Waals surface area contributed by atoms with Crippen molar-refractivity contribution >= 4 is 27.7 Å². The maximum Gasteiger partial charge on any atom is 0.234 e. The molecule has 2 aliphatic rings. The van der Waals surface area contributed by atoms with E-state index in [1.807, 2.05) is 37.3 Å². The Kier molecular flexibility index (Phi) is 3.84. The monoisotopic (exact) mass is 397 g/mol. The third-order valence-electron chi connectivity index (χ3n) is 5.75. The summed E-state index contributed by atoms with van der Waals surface area (Å²) < 4.78 is 1.00. The number of nitrogens with zero attached hydrogens (tertiary/aromatic N) is 1. The zero-order chi connectivity index (χ0) is 17.8. The fraction of sp³-hybridized carbons (Fsp3) is 0.333. The molecule has 3 atom stereocenters. The van der Waals surface area contributed by atoms with Gasteiger partial charge >= 0.3 is 0 Å². The molecule has 2 fully saturated rings. The first kappa shape index (κ1) is 16.5. The number of carbonyl (C=O) groups is 2. The molecule has 2 amide bonds. The van der Waals surface area contributed by atoms with E-state index < -0.39 is 0 Å². The van der Waals surface area contributed by atoms with Crippen LogP contribution in [0.3, 0.4) is 0 Å². The number of fused-ring (bicyclic) bond motifs is 1. The van der Waals surface area contributed by atoms with E-state index in [-0.39, 0.29) is 29.1 Å². The van der Waals surface area contributed by atoms with E-state index in [0.29, 0.717) is 6.54 Å². The van der Waals surface area contributed by atoms with Crippen molar-refractivity contribution in [1.29, 1.82) is 0 Å². The largest absolute Gasteiger partial charge is 0.278 e. The van der Waals surface area contributed by atoms with Gasteiger partial charge < -0.3 is 0 Å². The summed E-state index contributed by atoms with van der Waals surface area (Å²) in [5.74, 6) is -0.443. The molecule has 128 valence electrons. The molecule has 1 saturated heterocycles. The number of imide groups is 1. The van der Waals surface area contributed by atoms with Gasteiger partial charge in [-0.3, -0.25) is 14.5 Å². The Morgan fingerprint density at radius 3 is 2.24 bits per heavy atom. The predicted octanol–water partition coefficient (Wildman–Crippen LogP) is 4.22. The summed E-state index contributed by atoms with van der Waals surface area (Å²) in [7, 11) is 0. The molecule has 1 saturated carbocycles. The normalized spacial score (nSPS) is 27.6. The molecule has 0 unspecified atom stereocenters. The van der Waals surface area contributed by atoms with Gasteiger partial charge in [-0.2, -0.15) is 0 Å². The third kappa shape index (κ3) is 2.38. The summed E-state index contributed by atoms with van der Waals surface area (Å²) in [5.41, 5.74) is 2.92. The van der Waals surface area contributed by atoms with Gasteiger partial charge in [0.2, 0.25) is 11.8 Å². The molecule has 4 heteroatoms. The van der Waals surface area contributed by atoms with Crippen molar-refractivity contribution in [2.75, 3.05) is 0 Å². The van der Waals surface area contributed by atoms with Gasteiger partial charge in [0.05, 0.1) is 18.4 Å². The van der Waals surface area contributed by atoms with E-state index >= 15 is 0 Å². The van der Waals surface area contributed by atoms with Gasteiger partial charge in [-0.05, 0) is 42.2 Å². The lowest BCUT2D eigenvalue weighted by molar-refractivity contribution is -0.143. The second kappa shape index (κ2) is 5.80. The predicted molar refractivity (Wildman–Crippen MR) is 99.8 cm³/mol. The van der Waals surface area contributed by atoms with Crippen molar-refractivity contribution in [2.45, 2.75) is 32.2 Å². The van der Waals surface area contributed by atoms with Gasteiger partial charge in [-0.1, -0.05) is 59.3 Å². The molecule has 1 heterocycles. The molecular formula is C21H20BrNO2. The van der Waals surface area contributed by atoms with Crippen molar-refractivity contribution < 1.29 is 9.59 Å². The number of carbonyl (C=O) groups excluding carboxylic acids is 2. The number of likely N-dealkylation sites (tertiary alicyclic amines) is 1. The Hall–Kier alpha value is -1.94. The summed E-state index contributed by atoms with van der Waals surface area (Å²) in [6.07, 6.45) is 0.800. The number of aryl methyl sites for hydroxylation is 1. The van der Waals surface area contributed by atoms with Crippen molar-refractivity contribution in [3.8, 4) is 0 Å². The van der Waals surface area contributed by atoms with Gasteiger partial charge in [0, 0.05) is 9.89 Å². The minimum atomic E-state index is -0.324. The molecule has 2 aromatic carbocycles. The first-order valence-electron chi connectivity index (χ1n) is 8.66. The molecule has 0 bridgehead atoms. The van der Waals surface area contributed by atoms with E-state index in [1.54, 1.807) is 0 Å². The first-order valence-corrected chi connectivity index (χ1v) is 9.45. The smallest absolute Gasteiger partial charge is 0.234 e. The van der Waals surface area contributed by atoms with E-state index in [2.05, 4.69) is 41.1 Å². The van der Waals surface area contributed by atoms with Crippen LogP contribution in [0.2, 0.25) is 0 Å². The van der Waals surface area contributed by atoms with Crippen molar-refractivity contribution in [3.05, 3.63) is 69.7 Å². The molecule has 0 radical (unpaired) electrons. The number of hydrogen-bond donors (Lipinski definition) is 0. The summed E-state index contributed by atoms with van der Waals surface area (Å²) in [5, 5.41) is 0. The van der Waals surface area contributed by atoms with Gasteiger partial charge in [0.15, 0.2) is 0 Å². The van der Waals surface area contributed by atoms with Crippen LogP contribution in [0.4, 0.5) is 0 Å². The highest BCUT2D eigenvalue weighted by molar-refractivity contribution is 9.10. The molecule has 3 nitrogen and oxygen atoms in total. The maximum atomic E-state index is 13.0. The quantitative estimate of drug-likeness (QED) is 0.724. The van der Waals surface area contributed by atoms with Crippen molar-refractivity contribution in [1.82, 2.24) is 4.90 Å². The Balaban J connectivity index is 1.65. The number of amides is 2. The topological polar surface area (TPSA) is 37.4 Å². The van der Waals surface area contributed by atoms with E-state index in [9.17, 15) is 9.59 Å². The fourth-order valence-corrected chi connectivity index (χ4v) is 5.15. The SMILES string of the molecule is CC[C@]1(c2cc(C)cc(Br)c2)[C@@H]2C(=O)N(Cc3ccccc3)C(=O)[C@@H]21. The first-order chi connectivity index (χ1) is 12.0. The second-order valence-corrected chi connectivity index (χ2v) is 8.03. The standard InChI is InChI=1S/C21H20BrNO2/c1-3-21(15-9-13(2)10-16(22)11-15)17-18(21)20(25)23(19(17)24)12-14-7-5-4-6-8-14/h4-11,17-18H,3,12H2,1-2H3/t17-,18+,21-. The molecule has 2 aromatic rings. The van der Waals surface area contributed by atoms with Crippen LogP contribution in [-0.4, -0.2) is 16.7 Å². The van der Waals surface area contributed by atoms with Crippen LogP contribution < -0.4 is 0 Å². The molecule has 0 spiro atoms. The highest BCUT2D eigenvalue weighted by Crippen LogP contribution is 2.66. The van der Waals surface area contributed by atoms with Crippen LogP contribution in [0.5, 0.6) is 0 Å². The molecule has 0 N–H and O–H groups in total. The number of piperidine rings is 1. The Labute approximate surface area is 156 Å². The van der Waals surface area contributed by atoms with Crippen molar-refractivity contribution in [2.24, 2.45) is 11.8 Å². The summed E-state index contributed by atoms with van der Waals surface area (Å²) >= 11 is 3.55. The molecule has 25 heavy (non-hydrogen) atoms. The highest BCUT2D eigenvalue weighted by atomic mass is 79.9. The second-order valence-electron chi connectivity index (χ2n) is 7.11. The lowest BCUT2D eigenvalue weighted by Crippen LogP contribution is -2.38. The van der Waals surface area contributed by atoms with Gasteiger partial charge in [-0.25, -0.2) is 0 Å². The average Bonchev–Trinajstić information content (AvgIpc) is 3.22. The molecule has 1 aliphatic carbocycles. The van der Waals surface area contributed by atoms with Crippen LogP contribution in [0, 0.1) is 18.8 Å². The Morgan fingerprint density at radius 2 is 1.68 bits per heavy atom. The lowest BCUT2D eigenvalue weighted by atomic mass is 9.86. The summed E-state index contributed by atoms with van der Waals surface area (Å²) in [6, 6.07) is 15.9. The van der Waals surface area contributed by atoms with Crippen LogP contribution in [0.25, 0.3) is 0 Å². The molecule has 1 aliphatic heterocycles. The van der Waals surface area contributed by atoms with Crippen LogP contribution >= 0.6 is 15.9 Å². The zero-order valence-corrected chi connectivity index (χ0v) is 15.9. The minimum absolute atomic E-state index is 0.0154. The van der Waals surface area contributed by atoms with Crippen LogP contribution in [0.15, 0.2) is 53.0 Å². The Bertz CT molecular complexity index is 819. The van der Waals surface area contributed by atoms with E-state index in [1.165, 1.54) is 4.90 Å². The van der Waals surface area contributed by atoms with Gasteiger partial charge in [0.25, 0.3) is 0 Å². The summed E-state index contributed by atoms with van der Waals surface area (Å²) in [4.78, 5) is 27.4. The summed E-state index contributed by atoms with van der Waals surface area (Å²) in [6.45, 7) is 4.50. The third-order valence-corrected chi connectivity index (χ3v) is 6.20. The molecule has 4 rings (SSSR count). The number of benzene rings is 2.